The van der Waals surface area contributed by atoms with E-state index in [0.717, 1.165) is 0 Å². The number of hydrogen-bond acceptors (Lipinski definition) is 3. The van der Waals surface area contributed by atoms with Gasteiger partial charge in [-0.05, 0) is 6.07 Å². The Balaban J connectivity index is 3.28. The Morgan fingerprint density at radius 2 is 2.23 bits per heavy atom. The van der Waals surface area contributed by atoms with Crippen molar-refractivity contribution in [2.24, 2.45) is 5.73 Å². The zero-order chi connectivity index (χ0) is 10.0. The highest BCUT2D eigenvalue weighted by atomic mass is 35.5. The van der Waals surface area contributed by atoms with Gasteiger partial charge in [0.2, 0.25) is 0 Å². The molecule has 0 heterocycles. The van der Waals surface area contributed by atoms with Crippen molar-refractivity contribution in [1.29, 1.82) is 0 Å². The summed E-state index contributed by atoms with van der Waals surface area (Å²) in [7, 11) is 1.41. The standard InChI is InChI=1S/C8H8ClNO3/c1-13-7-3-6(11)4(8(10)12)2-5(7)9/h2-3,11H,1H3,(H2,10,12). The molecule has 0 saturated heterocycles. The number of primary amides is 1. The van der Waals surface area contributed by atoms with Crippen LogP contribution in [0.2, 0.25) is 5.02 Å². The van der Waals surface area contributed by atoms with Crippen LogP contribution in [0.5, 0.6) is 11.5 Å². The van der Waals surface area contributed by atoms with E-state index in [2.05, 4.69) is 0 Å². The molecule has 13 heavy (non-hydrogen) atoms. The first-order chi connectivity index (χ1) is 6.06. The third-order valence-electron chi connectivity index (χ3n) is 1.54. The van der Waals surface area contributed by atoms with Crippen LogP contribution in [-0.2, 0) is 0 Å². The molecule has 0 unspecified atom stereocenters. The van der Waals surface area contributed by atoms with Gasteiger partial charge in [-0.1, -0.05) is 11.6 Å². The average Bonchev–Trinajstić information content (AvgIpc) is 2.07. The number of hydrogen-bond donors (Lipinski definition) is 2. The lowest BCUT2D eigenvalue weighted by Gasteiger charge is -2.05. The van der Waals surface area contributed by atoms with Gasteiger partial charge in [0.15, 0.2) is 0 Å². The molecule has 0 aliphatic carbocycles. The molecule has 0 aliphatic rings. The SMILES string of the molecule is COc1cc(O)c(C(N)=O)cc1Cl. The van der Waals surface area contributed by atoms with E-state index in [9.17, 15) is 9.90 Å². The van der Waals surface area contributed by atoms with Crippen LogP contribution >= 0.6 is 11.6 Å². The van der Waals surface area contributed by atoms with Crippen LogP contribution in [-0.4, -0.2) is 18.1 Å². The number of phenols is 1. The molecule has 1 rings (SSSR count). The first kappa shape index (κ1) is 9.67. The number of nitrogens with two attached hydrogens (primary N) is 1. The summed E-state index contributed by atoms with van der Waals surface area (Å²) in [6.45, 7) is 0. The quantitative estimate of drug-likeness (QED) is 0.754. The van der Waals surface area contributed by atoms with Crippen molar-refractivity contribution in [1.82, 2.24) is 0 Å². The van der Waals surface area contributed by atoms with Gasteiger partial charge in [0.1, 0.15) is 11.5 Å². The molecule has 5 heteroatoms. The predicted octanol–water partition coefficient (Wildman–Crippen LogP) is 1.15. The summed E-state index contributed by atoms with van der Waals surface area (Å²) in [4.78, 5) is 10.7. The van der Waals surface area contributed by atoms with Crippen LogP contribution in [0, 0.1) is 0 Å². The first-order valence-electron chi connectivity index (χ1n) is 3.42. The molecule has 0 radical (unpaired) electrons. The highest BCUT2D eigenvalue weighted by Gasteiger charge is 2.11. The third-order valence-corrected chi connectivity index (χ3v) is 1.83. The Hall–Kier alpha value is -1.42. The molecule has 0 saturated carbocycles. The van der Waals surface area contributed by atoms with E-state index in [1.54, 1.807) is 0 Å². The fraction of sp³-hybridized carbons (Fsp3) is 0.125. The highest BCUT2D eigenvalue weighted by molar-refractivity contribution is 6.32. The molecular formula is C8H8ClNO3. The van der Waals surface area contributed by atoms with Crippen LogP contribution in [0.1, 0.15) is 10.4 Å². The van der Waals surface area contributed by atoms with Gasteiger partial charge in [0.05, 0.1) is 17.7 Å². The molecule has 1 aromatic carbocycles. The van der Waals surface area contributed by atoms with Crippen molar-refractivity contribution in [2.45, 2.75) is 0 Å². The lowest BCUT2D eigenvalue weighted by atomic mass is 10.2. The van der Waals surface area contributed by atoms with Crippen molar-refractivity contribution in [3.05, 3.63) is 22.7 Å². The van der Waals surface area contributed by atoms with Crippen LogP contribution in [0.25, 0.3) is 0 Å². The van der Waals surface area contributed by atoms with E-state index in [1.165, 1.54) is 19.2 Å². The summed E-state index contributed by atoms with van der Waals surface area (Å²) in [5.41, 5.74) is 4.95. The third kappa shape index (κ3) is 1.84. The molecule has 1 aromatic rings. The Morgan fingerprint density at radius 1 is 1.62 bits per heavy atom. The predicted molar refractivity (Wildman–Crippen MR) is 48.2 cm³/mol. The second kappa shape index (κ2) is 3.53. The highest BCUT2D eigenvalue weighted by Crippen LogP contribution is 2.31. The van der Waals surface area contributed by atoms with E-state index in [-0.39, 0.29) is 16.3 Å². The monoisotopic (exact) mass is 201 g/mol. The smallest absolute Gasteiger partial charge is 0.252 e. The second-order valence-corrected chi connectivity index (χ2v) is 2.78. The lowest BCUT2D eigenvalue weighted by molar-refractivity contribution is 0.0997. The van der Waals surface area contributed by atoms with E-state index in [0.29, 0.717) is 5.75 Å². The Morgan fingerprint density at radius 3 is 2.69 bits per heavy atom. The number of carbonyl (C=O) groups is 1. The van der Waals surface area contributed by atoms with Gasteiger partial charge >= 0.3 is 0 Å². The number of carbonyl (C=O) groups excluding carboxylic acids is 1. The average molecular weight is 202 g/mol. The lowest BCUT2D eigenvalue weighted by Crippen LogP contribution is -2.11. The van der Waals surface area contributed by atoms with Crippen LogP contribution in [0.15, 0.2) is 12.1 Å². The molecule has 70 valence electrons. The number of halogens is 1. The van der Waals surface area contributed by atoms with Crippen molar-refractivity contribution in [2.75, 3.05) is 7.11 Å². The van der Waals surface area contributed by atoms with E-state index in [4.69, 9.17) is 22.1 Å². The summed E-state index contributed by atoms with van der Waals surface area (Å²) in [6.07, 6.45) is 0. The van der Waals surface area contributed by atoms with Crippen LogP contribution < -0.4 is 10.5 Å². The van der Waals surface area contributed by atoms with Gasteiger partial charge in [-0.3, -0.25) is 4.79 Å². The van der Waals surface area contributed by atoms with Crippen LogP contribution in [0.3, 0.4) is 0 Å². The zero-order valence-electron chi connectivity index (χ0n) is 6.87. The van der Waals surface area contributed by atoms with Crippen molar-refractivity contribution >= 4 is 17.5 Å². The number of benzene rings is 1. The number of aromatic hydroxyl groups is 1. The molecule has 0 bridgehead atoms. The maximum absolute atomic E-state index is 10.7. The summed E-state index contributed by atoms with van der Waals surface area (Å²) in [5.74, 6) is -0.681. The molecule has 0 aliphatic heterocycles. The fourth-order valence-electron chi connectivity index (χ4n) is 0.896. The Bertz CT molecular complexity index is 351. The van der Waals surface area contributed by atoms with E-state index < -0.39 is 5.91 Å². The van der Waals surface area contributed by atoms with Crippen molar-refractivity contribution in [3.8, 4) is 11.5 Å². The maximum Gasteiger partial charge on any atom is 0.252 e. The van der Waals surface area contributed by atoms with Crippen molar-refractivity contribution in [3.63, 3.8) is 0 Å². The molecule has 0 spiro atoms. The molecule has 0 aromatic heterocycles. The minimum absolute atomic E-state index is 0.0224. The first-order valence-corrected chi connectivity index (χ1v) is 3.80. The molecule has 1 amide bonds. The van der Waals surface area contributed by atoms with Gasteiger partial charge in [-0.2, -0.15) is 0 Å². The van der Waals surface area contributed by atoms with E-state index >= 15 is 0 Å². The number of ether oxygens (including phenoxy) is 1. The number of amides is 1. The van der Waals surface area contributed by atoms with Crippen molar-refractivity contribution < 1.29 is 14.6 Å². The Kier molecular flexibility index (Phi) is 2.63. The summed E-state index contributed by atoms with van der Waals surface area (Å²) >= 11 is 5.70. The number of methoxy groups -OCH3 is 1. The van der Waals surface area contributed by atoms with Gasteiger partial charge < -0.3 is 15.6 Å². The van der Waals surface area contributed by atoms with Gasteiger partial charge in [-0.25, -0.2) is 0 Å². The van der Waals surface area contributed by atoms with Gasteiger partial charge in [-0.15, -0.1) is 0 Å². The summed E-state index contributed by atoms with van der Waals surface area (Å²) in [6, 6.07) is 2.50. The molecule has 0 fully saturated rings. The normalized spacial score (nSPS) is 9.69. The molecule has 0 atom stereocenters. The van der Waals surface area contributed by atoms with Gasteiger partial charge in [0, 0.05) is 6.07 Å². The topological polar surface area (TPSA) is 72.6 Å². The summed E-state index contributed by atoms with van der Waals surface area (Å²) in [5, 5.41) is 9.51. The number of rotatable bonds is 2. The summed E-state index contributed by atoms with van der Waals surface area (Å²) < 4.78 is 4.82. The molecule has 4 nitrogen and oxygen atoms in total. The fourth-order valence-corrected chi connectivity index (χ4v) is 1.14. The molecule has 3 N–H and O–H groups in total. The maximum atomic E-state index is 10.7. The zero-order valence-corrected chi connectivity index (χ0v) is 7.63. The van der Waals surface area contributed by atoms with Crippen LogP contribution in [0.4, 0.5) is 0 Å². The Labute approximate surface area is 79.9 Å². The molecular weight excluding hydrogens is 194 g/mol. The minimum Gasteiger partial charge on any atom is -0.507 e. The van der Waals surface area contributed by atoms with Gasteiger partial charge in [0.25, 0.3) is 5.91 Å². The van der Waals surface area contributed by atoms with E-state index in [1.807, 2.05) is 0 Å². The minimum atomic E-state index is -0.734. The largest absolute Gasteiger partial charge is 0.507 e. The second-order valence-electron chi connectivity index (χ2n) is 2.37.